The number of hydrogen-bond donors (Lipinski definition) is 1. The molecule has 2 bridgehead atoms. The molecule has 2 aromatic rings. The Kier molecular flexibility index (Phi) is 4.31. The molecule has 2 fully saturated rings. The fourth-order valence-electron chi connectivity index (χ4n) is 4.34. The van der Waals surface area contributed by atoms with Gasteiger partial charge in [-0.2, -0.15) is 4.39 Å². The topological polar surface area (TPSA) is 45.6 Å². The lowest BCUT2D eigenvalue weighted by molar-refractivity contribution is -0.149. The Morgan fingerprint density at radius 1 is 1.16 bits per heavy atom. The van der Waals surface area contributed by atoms with Crippen LogP contribution in [-0.4, -0.2) is 40.3 Å². The van der Waals surface area contributed by atoms with E-state index in [1.165, 1.54) is 11.6 Å². The third-order valence-electron chi connectivity index (χ3n) is 5.47. The zero-order valence-corrected chi connectivity index (χ0v) is 14.4. The van der Waals surface area contributed by atoms with E-state index in [0.29, 0.717) is 31.7 Å². The second-order valence-corrected chi connectivity index (χ2v) is 7.21. The summed E-state index contributed by atoms with van der Waals surface area (Å²) in [7, 11) is 0. The van der Waals surface area contributed by atoms with Crippen LogP contribution >= 0.6 is 0 Å². The number of fused-ring (bicyclic) bond motifs is 2. The predicted molar refractivity (Wildman–Crippen MR) is 92.4 cm³/mol. The van der Waals surface area contributed by atoms with Crippen LogP contribution in [0.15, 0.2) is 42.5 Å². The Bertz CT molecular complexity index is 739. The van der Waals surface area contributed by atoms with Crippen molar-refractivity contribution in [1.29, 1.82) is 0 Å². The Hall–Kier alpha value is -1.82. The van der Waals surface area contributed by atoms with Gasteiger partial charge in [0.25, 0.3) is 0 Å². The van der Waals surface area contributed by atoms with E-state index in [0.717, 1.165) is 12.1 Å². The molecule has 0 radical (unpaired) electrons. The molecule has 1 aromatic heterocycles. The van der Waals surface area contributed by atoms with E-state index < -0.39 is 11.5 Å². The van der Waals surface area contributed by atoms with Gasteiger partial charge in [-0.3, -0.25) is 4.90 Å². The van der Waals surface area contributed by atoms with Crippen molar-refractivity contribution >= 4 is 0 Å². The number of halogens is 1. The predicted octanol–water partition coefficient (Wildman–Crippen LogP) is 2.78. The van der Waals surface area contributed by atoms with Crippen molar-refractivity contribution in [3.63, 3.8) is 0 Å². The molecule has 5 heteroatoms. The van der Waals surface area contributed by atoms with E-state index in [1.807, 2.05) is 6.07 Å². The zero-order chi connectivity index (χ0) is 17.4. The molecule has 2 saturated heterocycles. The summed E-state index contributed by atoms with van der Waals surface area (Å²) in [6.45, 7) is 3.84. The van der Waals surface area contributed by atoms with Gasteiger partial charge in [0.2, 0.25) is 5.95 Å². The van der Waals surface area contributed by atoms with E-state index >= 15 is 0 Å². The average molecular weight is 342 g/mol. The van der Waals surface area contributed by atoms with Crippen LogP contribution in [0.5, 0.6) is 0 Å². The van der Waals surface area contributed by atoms with Crippen molar-refractivity contribution in [3.8, 4) is 0 Å². The second-order valence-electron chi connectivity index (χ2n) is 7.21. The van der Waals surface area contributed by atoms with Gasteiger partial charge in [0.05, 0.1) is 18.8 Å². The molecular weight excluding hydrogens is 319 g/mol. The Balaban J connectivity index is 1.60. The second kappa shape index (κ2) is 6.48. The number of piperidine rings is 1. The number of pyridine rings is 1. The van der Waals surface area contributed by atoms with E-state index in [4.69, 9.17) is 4.74 Å². The van der Waals surface area contributed by atoms with Crippen LogP contribution in [0.25, 0.3) is 0 Å². The quantitative estimate of drug-likeness (QED) is 0.872. The smallest absolute Gasteiger partial charge is 0.213 e. The average Bonchev–Trinajstić information content (AvgIpc) is 2.57. The highest BCUT2D eigenvalue weighted by Crippen LogP contribution is 2.42. The minimum Gasteiger partial charge on any atom is -0.385 e. The van der Waals surface area contributed by atoms with Crippen LogP contribution in [0.3, 0.4) is 0 Å². The summed E-state index contributed by atoms with van der Waals surface area (Å²) in [5.41, 5.74) is 1.60. The third kappa shape index (κ3) is 3.19. The molecule has 0 amide bonds. The summed E-state index contributed by atoms with van der Waals surface area (Å²) in [6, 6.07) is 13.7. The van der Waals surface area contributed by atoms with Gasteiger partial charge in [-0.15, -0.1) is 0 Å². The van der Waals surface area contributed by atoms with Crippen molar-refractivity contribution in [1.82, 2.24) is 9.88 Å². The zero-order valence-electron chi connectivity index (χ0n) is 14.4. The Labute approximate surface area is 147 Å². The molecule has 1 aromatic carbocycles. The van der Waals surface area contributed by atoms with Gasteiger partial charge in [0.1, 0.15) is 0 Å². The highest BCUT2D eigenvalue weighted by molar-refractivity contribution is 5.28. The van der Waals surface area contributed by atoms with Gasteiger partial charge in [-0.05, 0) is 37.5 Å². The first-order valence-corrected chi connectivity index (χ1v) is 8.78. The monoisotopic (exact) mass is 342 g/mol. The maximum atomic E-state index is 13.4. The molecule has 3 heterocycles. The molecule has 4 nitrogen and oxygen atoms in total. The number of morpholine rings is 1. The first kappa shape index (κ1) is 16.6. The molecule has 0 spiro atoms. The number of rotatable bonds is 3. The molecule has 4 rings (SSSR count). The molecule has 1 N–H and O–H groups in total. The number of benzene rings is 1. The largest absolute Gasteiger partial charge is 0.385 e. The van der Waals surface area contributed by atoms with Crippen LogP contribution in [0, 0.1) is 12.9 Å². The summed E-state index contributed by atoms with van der Waals surface area (Å²) >= 11 is 0. The molecule has 25 heavy (non-hydrogen) atoms. The summed E-state index contributed by atoms with van der Waals surface area (Å²) in [4.78, 5) is 6.35. The van der Waals surface area contributed by atoms with Gasteiger partial charge in [-0.1, -0.05) is 30.3 Å². The molecule has 2 aliphatic rings. The lowest BCUT2D eigenvalue weighted by atomic mass is 9.76. The lowest BCUT2D eigenvalue weighted by Crippen LogP contribution is -2.60. The maximum Gasteiger partial charge on any atom is 0.213 e. The number of aliphatic hydroxyl groups is 1. The molecule has 0 aliphatic carbocycles. The van der Waals surface area contributed by atoms with Crippen molar-refractivity contribution < 1.29 is 14.2 Å². The summed E-state index contributed by atoms with van der Waals surface area (Å²) in [6.07, 6.45) is 1.15. The van der Waals surface area contributed by atoms with Gasteiger partial charge in [-0.25, -0.2) is 4.98 Å². The van der Waals surface area contributed by atoms with Crippen molar-refractivity contribution in [3.05, 3.63) is 65.2 Å². The van der Waals surface area contributed by atoms with Gasteiger partial charge in [0.15, 0.2) is 0 Å². The highest BCUT2D eigenvalue weighted by Gasteiger charge is 2.47. The molecule has 132 valence electrons. The number of hydrogen-bond acceptors (Lipinski definition) is 4. The van der Waals surface area contributed by atoms with E-state index in [2.05, 4.69) is 34.1 Å². The Morgan fingerprint density at radius 3 is 2.48 bits per heavy atom. The summed E-state index contributed by atoms with van der Waals surface area (Å²) in [5, 5.41) is 11.4. The molecular formula is C20H23FN2O2. The lowest BCUT2D eigenvalue weighted by Gasteiger charge is -2.52. The van der Waals surface area contributed by atoms with E-state index in [9.17, 15) is 9.50 Å². The number of ether oxygens (including phenoxy) is 1. The van der Waals surface area contributed by atoms with Crippen molar-refractivity contribution in [2.45, 2.75) is 44.0 Å². The highest BCUT2D eigenvalue weighted by atomic mass is 19.1. The van der Waals surface area contributed by atoms with Crippen LogP contribution in [-0.2, 0) is 16.9 Å². The van der Waals surface area contributed by atoms with Gasteiger partial charge in [0, 0.05) is 29.9 Å². The van der Waals surface area contributed by atoms with Crippen LogP contribution in [0.1, 0.15) is 29.7 Å². The van der Waals surface area contributed by atoms with Crippen LogP contribution < -0.4 is 0 Å². The maximum absolute atomic E-state index is 13.4. The Morgan fingerprint density at radius 2 is 1.84 bits per heavy atom. The van der Waals surface area contributed by atoms with Gasteiger partial charge < -0.3 is 9.84 Å². The fourth-order valence-corrected chi connectivity index (χ4v) is 4.34. The number of nitrogens with zero attached hydrogens (tertiary/aromatic N) is 2. The fraction of sp³-hybridized carbons (Fsp3) is 0.450. The number of aromatic nitrogens is 1. The normalized spacial score (nSPS) is 29.6. The first-order chi connectivity index (χ1) is 12.0. The molecule has 2 atom stereocenters. The summed E-state index contributed by atoms with van der Waals surface area (Å²) in [5.74, 6) is -0.505. The minimum atomic E-state index is -0.975. The molecule has 2 unspecified atom stereocenters. The van der Waals surface area contributed by atoms with E-state index in [-0.39, 0.29) is 12.1 Å². The minimum absolute atomic E-state index is 0.141. The van der Waals surface area contributed by atoms with Crippen LogP contribution in [0.4, 0.5) is 4.39 Å². The molecule has 2 aliphatic heterocycles. The first-order valence-electron chi connectivity index (χ1n) is 8.78. The standard InChI is InChI=1S/C20H23FN2O2/c1-14-18(7-8-19(21)22-14)20(24)9-16-12-25-13-17(10-20)23(16)11-15-5-3-2-4-6-15/h2-8,16-17,24H,9-13H2,1H3. The third-order valence-corrected chi connectivity index (χ3v) is 5.47. The van der Waals surface area contributed by atoms with Crippen LogP contribution in [0.2, 0.25) is 0 Å². The van der Waals surface area contributed by atoms with Gasteiger partial charge >= 0.3 is 0 Å². The van der Waals surface area contributed by atoms with Crippen molar-refractivity contribution in [2.24, 2.45) is 0 Å². The van der Waals surface area contributed by atoms with E-state index in [1.54, 1.807) is 13.0 Å². The molecule has 0 saturated carbocycles. The SMILES string of the molecule is Cc1nc(F)ccc1C1(O)CC2COCC(C1)N2Cc1ccccc1. The van der Waals surface area contributed by atoms with Crippen molar-refractivity contribution in [2.75, 3.05) is 13.2 Å². The summed E-state index contributed by atoms with van der Waals surface area (Å²) < 4.78 is 19.1. The number of aryl methyl sites for hydroxylation is 1.